The van der Waals surface area contributed by atoms with Gasteiger partial charge in [0.15, 0.2) is 0 Å². The van der Waals surface area contributed by atoms with Crippen LogP contribution in [0.1, 0.15) is 29.3 Å². The molecule has 1 heterocycles. The number of nitrogens with zero attached hydrogens (tertiary/aromatic N) is 2. The smallest absolute Gasteiger partial charge is 0.325 e. The predicted octanol–water partition coefficient (Wildman–Crippen LogP) is 0.451. The molecule has 0 aromatic carbocycles. The number of esters is 1. The Hall–Kier alpha value is -2.39. The van der Waals surface area contributed by atoms with Gasteiger partial charge in [-0.1, -0.05) is 18.8 Å². The van der Waals surface area contributed by atoms with Crippen molar-refractivity contribution in [3.63, 3.8) is 0 Å². The Morgan fingerprint density at radius 3 is 2.86 bits per heavy atom. The maximum Gasteiger partial charge on any atom is 0.325 e. The summed E-state index contributed by atoms with van der Waals surface area (Å²) in [6.07, 6.45) is 3.66. The van der Waals surface area contributed by atoms with Crippen molar-refractivity contribution in [2.75, 3.05) is 26.8 Å². The van der Waals surface area contributed by atoms with Crippen molar-refractivity contribution in [1.29, 1.82) is 0 Å². The minimum Gasteiger partial charge on any atom is -0.468 e. The summed E-state index contributed by atoms with van der Waals surface area (Å²) in [5, 5.41) is 8.75. The quantitative estimate of drug-likeness (QED) is 0.629. The van der Waals surface area contributed by atoms with Crippen molar-refractivity contribution < 1.29 is 19.4 Å². The molecule has 0 saturated carbocycles. The Morgan fingerprint density at radius 1 is 1.48 bits per heavy atom. The minimum absolute atomic E-state index is 0.113. The molecule has 0 spiro atoms. The lowest BCUT2D eigenvalue weighted by Crippen LogP contribution is -2.37. The van der Waals surface area contributed by atoms with Crippen LogP contribution in [0.3, 0.4) is 0 Å². The molecule has 112 valence electrons. The second kappa shape index (κ2) is 8.72. The number of hydrogen-bond acceptors (Lipinski definition) is 5. The summed E-state index contributed by atoms with van der Waals surface area (Å²) in [4.78, 5) is 29.3. The molecule has 0 aliphatic rings. The van der Waals surface area contributed by atoms with Gasteiger partial charge in [0.25, 0.3) is 5.91 Å². The zero-order valence-electron chi connectivity index (χ0n) is 12.1. The van der Waals surface area contributed by atoms with Gasteiger partial charge in [0, 0.05) is 18.9 Å². The molecule has 1 rings (SSSR count). The summed E-state index contributed by atoms with van der Waals surface area (Å²) < 4.78 is 4.60. The van der Waals surface area contributed by atoms with Crippen LogP contribution in [0.25, 0.3) is 0 Å². The zero-order chi connectivity index (χ0) is 15.7. The second-order valence-electron chi connectivity index (χ2n) is 4.18. The third kappa shape index (κ3) is 4.89. The topological polar surface area (TPSA) is 79.7 Å². The molecule has 6 nitrogen and oxygen atoms in total. The number of carbonyl (C=O) groups is 2. The maximum atomic E-state index is 12.5. The fraction of sp³-hybridized carbons (Fsp3) is 0.400. The molecule has 0 fully saturated rings. The van der Waals surface area contributed by atoms with Crippen LogP contribution in [0, 0.1) is 11.8 Å². The van der Waals surface area contributed by atoms with Crippen molar-refractivity contribution >= 4 is 11.9 Å². The standard InChI is InChI=1S/C15H18N2O4/c1-3-8-17(11-14(19)21-2)15(20)13-6-7-16-10-12(13)5-4-9-18/h6-7,10,18H,3,8-9,11H2,1-2H3. The Labute approximate surface area is 123 Å². The normalized spacial score (nSPS) is 9.48. The number of aliphatic hydroxyl groups excluding tert-OH is 1. The summed E-state index contributed by atoms with van der Waals surface area (Å²) in [5.41, 5.74) is 0.769. The zero-order valence-corrected chi connectivity index (χ0v) is 12.1. The molecule has 0 radical (unpaired) electrons. The van der Waals surface area contributed by atoms with Gasteiger partial charge in [-0.15, -0.1) is 0 Å². The first kappa shape index (κ1) is 16.7. The predicted molar refractivity (Wildman–Crippen MR) is 76.4 cm³/mol. The highest BCUT2D eigenvalue weighted by molar-refractivity contribution is 5.98. The summed E-state index contributed by atoms with van der Waals surface area (Å²) in [5.74, 6) is 4.38. The number of ether oxygens (including phenoxy) is 1. The van der Waals surface area contributed by atoms with Crippen LogP contribution in [-0.2, 0) is 9.53 Å². The lowest BCUT2D eigenvalue weighted by molar-refractivity contribution is -0.141. The van der Waals surface area contributed by atoms with Crippen LogP contribution >= 0.6 is 0 Å². The molecule has 1 aromatic rings. The fourth-order valence-electron chi connectivity index (χ4n) is 1.73. The number of aromatic nitrogens is 1. The second-order valence-corrected chi connectivity index (χ2v) is 4.18. The van der Waals surface area contributed by atoms with Gasteiger partial charge in [-0.3, -0.25) is 14.6 Å². The van der Waals surface area contributed by atoms with Crippen LogP contribution in [-0.4, -0.2) is 53.7 Å². The number of pyridine rings is 1. The lowest BCUT2D eigenvalue weighted by atomic mass is 10.1. The van der Waals surface area contributed by atoms with Gasteiger partial charge >= 0.3 is 5.97 Å². The lowest BCUT2D eigenvalue weighted by Gasteiger charge is -2.21. The van der Waals surface area contributed by atoms with E-state index in [9.17, 15) is 9.59 Å². The Bertz CT molecular complexity index is 560. The highest BCUT2D eigenvalue weighted by Gasteiger charge is 2.20. The molecule has 0 bridgehead atoms. The van der Waals surface area contributed by atoms with Gasteiger partial charge in [0.05, 0.1) is 18.2 Å². The van der Waals surface area contributed by atoms with Gasteiger partial charge in [-0.2, -0.15) is 0 Å². The molecule has 6 heteroatoms. The molecular weight excluding hydrogens is 272 g/mol. The van der Waals surface area contributed by atoms with Gasteiger partial charge < -0.3 is 14.7 Å². The van der Waals surface area contributed by atoms with E-state index < -0.39 is 5.97 Å². The summed E-state index contributed by atoms with van der Waals surface area (Å²) in [6.45, 7) is 1.93. The number of aliphatic hydroxyl groups is 1. The first-order valence-corrected chi connectivity index (χ1v) is 6.53. The van der Waals surface area contributed by atoms with E-state index in [1.807, 2.05) is 6.92 Å². The van der Waals surface area contributed by atoms with E-state index in [1.54, 1.807) is 6.07 Å². The minimum atomic E-state index is -0.478. The highest BCUT2D eigenvalue weighted by atomic mass is 16.5. The van der Waals surface area contributed by atoms with Crippen LogP contribution in [0.4, 0.5) is 0 Å². The van der Waals surface area contributed by atoms with E-state index in [-0.39, 0.29) is 19.1 Å². The van der Waals surface area contributed by atoms with Crippen molar-refractivity contribution in [1.82, 2.24) is 9.88 Å². The average molecular weight is 290 g/mol. The Morgan fingerprint density at radius 2 is 2.24 bits per heavy atom. The molecule has 0 aliphatic heterocycles. The number of amides is 1. The van der Waals surface area contributed by atoms with Crippen molar-refractivity contribution in [2.24, 2.45) is 0 Å². The van der Waals surface area contributed by atoms with Gasteiger partial charge in [0.1, 0.15) is 13.2 Å². The first-order chi connectivity index (χ1) is 10.1. The summed E-state index contributed by atoms with van der Waals surface area (Å²) in [7, 11) is 1.28. The van der Waals surface area contributed by atoms with E-state index in [0.29, 0.717) is 24.1 Å². The van der Waals surface area contributed by atoms with Gasteiger partial charge in [-0.25, -0.2) is 0 Å². The Balaban J connectivity index is 3.05. The number of methoxy groups -OCH3 is 1. The summed E-state index contributed by atoms with van der Waals surface area (Å²) >= 11 is 0. The van der Waals surface area contributed by atoms with E-state index in [0.717, 1.165) is 0 Å². The molecule has 0 unspecified atom stereocenters. The van der Waals surface area contributed by atoms with Gasteiger partial charge in [-0.05, 0) is 12.5 Å². The molecule has 0 atom stereocenters. The van der Waals surface area contributed by atoms with E-state index in [4.69, 9.17) is 5.11 Å². The van der Waals surface area contributed by atoms with Gasteiger partial charge in [0.2, 0.25) is 0 Å². The third-order valence-corrected chi connectivity index (χ3v) is 2.68. The molecule has 1 aromatic heterocycles. The first-order valence-electron chi connectivity index (χ1n) is 6.53. The molecule has 0 aliphatic carbocycles. The molecule has 1 amide bonds. The van der Waals surface area contributed by atoms with Crippen molar-refractivity contribution in [3.8, 4) is 11.8 Å². The van der Waals surface area contributed by atoms with Crippen molar-refractivity contribution in [2.45, 2.75) is 13.3 Å². The van der Waals surface area contributed by atoms with E-state index in [1.165, 1.54) is 24.4 Å². The van der Waals surface area contributed by atoms with Crippen molar-refractivity contribution in [3.05, 3.63) is 29.6 Å². The van der Waals surface area contributed by atoms with Crippen LogP contribution in [0.15, 0.2) is 18.5 Å². The third-order valence-electron chi connectivity index (χ3n) is 2.68. The monoisotopic (exact) mass is 290 g/mol. The largest absolute Gasteiger partial charge is 0.468 e. The van der Waals surface area contributed by atoms with Crippen LogP contribution < -0.4 is 0 Å². The van der Waals surface area contributed by atoms with Crippen LogP contribution in [0.2, 0.25) is 0 Å². The average Bonchev–Trinajstić information content (AvgIpc) is 2.51. The molecular formula is C15H18N2O4. The number of rotatable bonds is 5. The highest BCUT2D eigenvalue weighted by Crippen LogP contribution is 2.10. The summed E-state index contributed by atoms with van der Waals surface area (Å²) in [6, 6.07) is 1.55. The van der Waals surface area contributed by atoms with E-state index in [2.05, 4.69) is 21.6 Å². The van der Waals surface area contributed by atoms with Crippen LogP contribution in [0.5, 0.6) is 0 Å². The number of carbonyl (C=O) groups excluding carboxylic acids is 2. The molecule has 21 heavy (non-hydrogen) atoms. The van der Waals surface area contributed by atoms with E-state index >= 15 is 0 Å². The molecule has 0 saturated heterocycles. The maximum absolute atomic E-state index is 12.5. The SMILES string of the molecule is CCCN(CC(=O)OC)C(=O)c1ccncc1C#CCO. The Kier molecular flexibility index (Phi) is 6.92. The number of hydrogen-bond donors (Lipinski definition) is 1. The molecule has 1 N–H and O–H groups in total. The fourth-order valence-corrected chi connectivity index (χ4v) is 1.73.